The maximum atomic E-state index is 13.7. The summed E-state index contributed by atoms with van der Waals surface area (Å²) in [4.78, 5) is 24.2. The molecule has 0 spiro atoms. The van der Waals surface area contributed by atoms with E-state index >= 15 is 0 Å². The van der Waals surface area contributed by atoms with E-state index in [1.807, 2.05) is 32.9 Å². The maximum Gasteiger partial charge on any atom is 0.338 e. The number of esters is 1. The van der Waals surface area contributed by atoms with Gasteiger partial charge in [0.25, 0.3) is 5.91 Å². The first kappa shape index (κ1) is 21.5. The Bertz CT molecular complexity index is 824. The molecule has 0 radical (unpaired) electrons. The van der Waals surface area contributed by atoms with E-state index in [9.17, 15) is 23.5 Å². The molecule has 1 amide bonds. The fourth-order valence-electron chi connectivity index (χ4n) is 2.48. The molecule has 2 aromatic rings. The lowest BCUT2D eigenvalue weighted by atomic mass is 9.87. The van der Waals surface area contributed by atoms with Gasteiger partial charge in [-0.25, -0.2) is 13.6 Å². The molecule has 0 saturated heterocycles. The van der Waals surface area contributed by atoms with Crippen molar-refractivity contribution in [3.63, 3.8) is 0 Å². The van der Waals surface area contributed by atoms with Gasteiger partial charge >= 0.3 is 5.97 Å². The van der Waals surface area contributed by atoms with Gasteiger partial charge in [-0.15, -0.1) is 0 Å². The molecule has 28 heavy (non-hydrogen) atoms. The molecule has 0 saturated carbocycles. The fraction of sp³-hybridized carbons (Fsp3) is 0.333. The van der Waals surface area contributed by atoms with Crippen molar-refractivity contribution >= 4 is 11.9 Å². The van der Waals surface area contributed by atoms with Crippen LogP contribution in [0.25, 0.3) is 0 Å². The Morgan fingerprint density at radius 3 is 2.14 bits per heavy atom. The number of carbonyl (C=O) groups excluding carboxylic acids is 2. The van der Waals surface area contributed by atoms with Crippen LogP contribution in [0.3, 0.4) is 0 Å². The Hall–Kier alpha value is -2.80. The Morgan fingerprint density at radius 1 is 1.07 bits per heavy atom. The van der Waals surface area contributed by atoms with E-state index in [2.05, 4.69) is 5.32 Å². The van der Waals surface area contributed by atoms with E-state index in [1.165, 1.54) is 0 Å². The summed E-state index contributed by atoms with van der Waals surface area (Å²) < 4.78 is 32.4. The first-order valence-corrected chi connectivity index (χ1v) is 8.77. The second-order valence-corrected chi connectivity index (χ2v) is 7.38. The van der Waals surface area contributed by atoms with Crippen LogP contribution in [-0.2, 0) is 10.2 Å². The van der Waals surface area contributed by atoms with Crippen LogP contribution >= 0.6 is 0 Å². The van der Waals surface area contributed by atoms with Crippen LogP contribution in [0.4, 0.5) is 8.78 Å². The topological polar surface area (TPSA) is 75.6 Å². The van der Waals surface area contributed by atoms with Gasteiger partial charge in [-0.05, 0) is 35.2 Å². The molecular weight excluding hydrogens is 368 g/mol. The molecule has 1 unspecified atom stereocenters. The number of rotatable bonds is 6. The Labute approximate surface area is 162 Å². The summed E-state index contributed by atoms with van der Waals surface area (Å²) >= 11 is 0. The maximum absolute atomic E-state index is 13.7. The number of carbonyl (C=O) groups is 2. The summed E-state index contributed by atoms with van der Waals surface area (Å²) in [7, 11) is 0. The highest BCUT2D eigenvalue weighted by Crippen LogP contribution is 2.22. The van der Waals surface area contributed by atoms with Crippen molar-refractivity contribution in [1.82, 2.24) is 5.32 Å². The third kappa shape index (κ3) is 5.36. The third-order valence-corrected chi connectivity index (χ3v) is 4.15. The zero-order chi connectivity index (χ0) is 20.9. The van der Waals surface area contributed by atoms with Crippen LogP contribution < -0.4 is 5.32 Å². The first-order chi connectivity index (χ1) is 13.1. The Morgan fingerprint density at radius 2 is 1.64 bits per heavy atom. The highest BCUT2D eigenvalue weighted by Gasteiger charge is 2.21. The second kappa shape index (κ2) is 8.93. The van der Waals surface area contributed by atoms with E-state index in [0.29, 0.717) is 5.56 Å². The smallest absolute Gasteiger partial charge is 0.338 e. The number of hydrogen-bond acceptors (Lipinski definition) is 4. The van der Waals surface area contributed by atoms with Gasteiger partial charge in [-0.3, -0.25) is 4.79 Å². The van der Waals surface area contributed by atoms with Crippen LogP contribution in [0.2, 0.25) is 0 Å². The van der Waals surface area contributed by atoms with E-state index in [4.69, 9.17) is 4.74 Å². The van der Waals surface area contributed by atoms with E-state index < -0.39 is 41.7 Å². The summed E-state index contributed by atoms with van der Waals surface area (Å²) in [6, 6.07) is 8.93. The van der Waals surface area contributed by atoms with Gasteiger partial charge in [0.05, 0.1) is 18.2 Å². The van der Waals surface area contributed by atoms with Gasteiger partial charge in [0.15, 0.2) is 0 Å². The van der Waals surface area contributed by atoms with E-state index in [0.717, 1.165) is 23.8 Å². The standard InChI is InChI=1S/C21H23F2NO4/c1-21(2,3)14-9-7-13(8-10-14)20(27)28-12-15(11-25)24-19(26)18-16(22)5-4-6-17(18)23/h4-10,15,25H,11-12H2,1-3H3,(H,24,26). The molecule has 5 nitrogen and oxygen atoms in total. The minimum atomic E-state index is -1.04. The van der Waals surface area contributed by atoms with Crippen LogP contribution in [0.1, 0.15) is 47.1 Å². The van der Waals surface area contributed by atoms with Crippen LogP contribution in [0.15, 0.2) is 42.5 Å². The summed E-state index contributed by atoms with van der Waals surface area (Å²) in [5.74, 6) is -3.72. The SMILES string of the molecule is CC(C)(C)c1ccc(C(=O)OCC(CO)NC(=O)c2c(F)cccc2F)cc1. The molecule has 2 aromatic carbocycles. The molecule has 0 fully saturated rings. The minimum absolute atomic E-state index is 0.0588. The number of amides is 1. The fourth-order valence-corrected chi connectivity index (χ4v) is 2.48. The zero-order valence-electron chi connectivity index (χ0n) is 16.0. The number of benzene rings is 2. The molecule has 0 bridgehead atoms. The molecule has 2 N–H and O–H groups in total. The van der Waals surface area contributed by atoms with Crippen molar-refractivity contribution in [3.8, 4) is 0 Å². The number of halogens is 2. The van der Waals surface area contributed by atoms with Crippen molar-refractivity contribution in [2.24, 2.45) is 0 Å². The highest BCUT2D eigenvalue weighted by molar-refractivity contribution is 5.95. The lowest BCUT2D eigenvalue weighted by molar-refractivity contribution is 0.0418. The van der Waals surface area contributed by atoms with Crippen molar-refractivity contribution < 1.29 is 28.2 Å². The van der Waals surface area contributed by atoms with Gasteiger partial charge in [-0.2, -0.15) is 0 Å². The van der Waals surface area contributed by atoms with Crippen LogP contribution in [-0.4, -0.2) is 36.2 Å². The molecule has 0 aliphatic heterocycles. The lowest BCUT2D eigenvalue weighted by Gasteiger charge is -2.19. The monoisotopic (exact) mass is 391 g/mol. The second-order valence-electron chi connectivity index (χ2n) is 7.38. The van der Waals surface area contributed by atoms with Gasteiger partial charge < -0.3 is 15.2 Å². The normalized spacial score (nSPS) is 12.4. The number of aliphatic hydroxyl groups is 1. The summed E-state index contributed by atoms with van der Waals surface area (Å²) in [6.07, 6.45) is 0. The van der Waals surface area contributed by atoms with Gasteiger partial charge in [0.1, 0.15) is 23.8 Å². The van der Waals surface area contributed by atoms with Gasteiger partial charge in [0.2, 0.25) is 0 Å². The summed E-state index contributed by atoms with van der Waals surface area (Å²) in [5, 5.41) is 11.6. The average Bonchev–Trinajstić information content (AvgIpc) is 2.64. The molecule has 1 atom stereocenters. The predicted octanol–water partition coefficient (Wildman–Crippen LogP) is 3.21. The molecular formula is C21H23F2NO4. The molecule has 2 rings (SSSR count). The van der Waals surface area contributed by atoms with Crippen molar-refractivity contribution in [3.05, 3.63) is 70.8 Å². The Balaban J connectivity index is 1.98. The molecule has 0 heterocycles. The van der Waals surface area contributed by atoms with Crippen molar-refractivity contribution in [2.45, 2.75) is 32.2 Å². The Kier molecular flexibility index (Phi) is 6.85. The first-order valence-electron chi connectivity index (χ1n) is 8.77. The van der Waals surface area contributed by atoms with Crippen LogP contribution in [0, 0.1) is 11.6 Å². The third-order valence-electron chi connectivity index (χ3n) is 4.15. The van der Waals surface area contributed by atoms with Crippen LogP contribution in [0.5, 0.6) is 0 Å². The molecule has 7 heteroatoms. The van der Waals surface area contributed by atoms with E-state index in [-0.39, 0.29) is 12.0 Å². The molecule has 0 aliphatic carbocycles. The largest absolute Gasteiger partial charge is 0.460 e. The molecule has 0 aliphatic rings. The number of ether oxygens (including phenoxy) is 1. The average molecular weight is 391 g/mol. The lowest BCUT2D eigenvalue weighted by Crippen LogP contribution is -2.42. The van der Waals surface area contributed by atoms with Gasteiger partial charge in [-0.1, -0.05) is 39.0 Å². The quantitative estimate of drug-likeness (QED) is 0.742. The molecule has 0 aromatic heterocycles. The summed E-state index contributed by atoms with van der Waals surface area (Å²) in [6.45, 7) is 5.23. The van der Waals surface area contributed by atoms with E-state index in [1.54, 1.807) is 12.1 Å². The minimum Gasteiger partial charge on any atom is -0.460 e. The van der Waals surface area contributed by atoms with Crippen molar-refractivity contribution in [1.29, 1.82) is 0 Å². The number of hydrogen-bond donors (Lipinski definition) is 2. The molecule has 150 valence electrons. The van der Waals surface area contributed by atoms with Crippen molar-refractivity contribution in [2.75, 3.05) is 13.2 Å². The van der Waals surface area contributed by atoms with Gasteiger partial charge in [0, 0.05) is 0 Å². The number of aliphatic hydroxyl groups excluding tert-OH is 1. The number of nitrogens with one attached hydrogen (secondary N) is 1. The highest BCUT2D eigenvalue weighted by atomic mass is 19.1. The predicted molar refractivity (Wildman–Crippen MR) is 100 cm³/mol. The summed E-state index contributed by atoms with van der Waals surface area (Å²) in [5.41, 5.74) is 0.550. The zero-order valence-corrected chi connectivity index (χ0v) is 16.0.